The maximum atomic E-state index is 12.7. The van der Waals surface area contributed by atoms with Gasteiger partial charge in [0.05, 0.1) is 32.6 Å². The Balaban J connectivity index is 1.52. The van der Waals surface area contributed by atoms with Gasteiger partial charge in [-0.3, -0.25) is 4.79 Å². The van der Waals surface area contributed by atoms with Gasteiger partial charge in [0, 0.05) is 38.4 Å². The molecule has 3 rings (SSSR count). The zero-order valence-corrected chi connectivity index (χ0v) is 19.4. The standard InChI is InChI=1S/C22H29N3O6S/c1-29-18-9-7-17(8-10-18)24-12-14-25(15-13-24)32(27,28)16-11-23-22(26)19-5-4-6-20(30-2)21(19)31-3/h4-10H,11-16H2,1-3H3,(H,23,26). The average molecular weight is 464 g/mol. The number of hydrogen-bond acceptors (Lipinski definition) is 7. The van der Waals surface area contributed by atoms with Crippen LogP contribution in [0.2, 0.25) is 0 Å². The summed E-state index contributed by atoms with van der Waals surface area (Å²) in [6, 6.07) is 12.7. The smallest absolute Gasteiger partial charge is 0.255 e. The number of piperazine rings is 1. The van der Waals surface area contributed by atoms with Crippen LogP contribution in [0.4, 0.5) is 5.69 Å². The van der Waals surface area contributed by atoms with Gasteiger partial charge in [-0.1, -0.05) is 6.07 Å². The molecule has 1 fully saturated rings. The summed E-state index contributed by atoms with van der Waals surface area (Å²) >= 11 is 0. The normalized spacial score (nSPS) is 14.7. The molecule has 0 unspecified atom stereocenters. The van der Waals surface area contributed by atoms with Crippen molar-refractivity contribution in [1.82, 2.24) is 9.62 Å². The van der Waals surface area contributed by atoms with E-state index in [0.29, 0.717) is 37.7 Å². The number of rotatable bonds is 9. The number of methoxy groups -OCH3 is 3. The van der Waals surface area contributed by atoms with Crippen molar-refractivity contribution in [3.05, 3.63) is 48.0 Å². The molecule has 9 nitrogen and oxygen atoms in total. The number of sulfonamides is 1. The summed E-state index contributed by atoms with van der Waals surface area (Å²) in [7, 11) is 1.07. The lowest BCUT2D eigenvalue weighted by molar-refractivity contribution is 0.0952. The number of nitrogens with one attached hydrogen (secondary N) is 1. The van der Waals surface area contributed by atoms with E-state index < -0.39 is 15.9 Å². The second-order valence-corrected chi connectivity index (χ2v) is 9.29. The van der Waals surface area contributed by atoms with E-state index in [0.717, 1.165) is 11.4 Å². The summed E-state index contributed by atoms with van der Waals surface area (Å²) in [6.45, 7) is 1.98. The quantitative estimate of drug-likeness (QED) is 0.603. The zero-order chi connectivity index (χ0) is 23.1. The topological polar surface area (TPSA) is 97.4 Å². The van der Waals surface area contributed by atoms with E-state index in [1.807, 2.05) is 24.3 Å². The molecule has 1 aliphatic rings. The molecule has 32 heavy (non-hydrogen) atoms. The highest BCUT2D eigenvalue weighted by Crippen LogP contribution is 2.30. The molecule has 1 heterocycles. The van der Waals surface area contributed by atoms with Gasteiger partial charge in [0.2, 0.25) is 10.0 Å². The number of ether oxygens (including phenoxy) is 3. The van der Waals surface area contributed by atoms with Crippen LogP contribution in [0.15, 0.2) is 42.5 Å². The number of anilines is 1. The lowest BCUT2D eigenvalue weighted by atomic mass is 10.1. The Kier molecular flexibility index (Phi) is 7.81. The van der Waals surface area contributed by atoms with Gasteiger partial charge in [0.25, 0.3) is 5.91 Å². The van der Waals surface area contributed by atoms with E-state index in [4.69, 9.17) is 14.2 Å². The first-order chi connectivity index (χ1) is 15.4. The first-order valence-electron chi connectivity index (χ1n) is 10.3. The molecule has 0 saturated carbocycles. The fourth-order valence-electron chi connectivity index (χ4n) is 3.60. The second kappa shape index (κ2) is 10.6. The van der Waals surface area contributed by atoms with Crippen LogP contribution in [0.1, 0.15) is 10.4 Å². The molecule has 1 amide bonds. The zero-order valence-electron chi connectivity index (χ0n) is 18.5. The van der Waals surface area contributed by atoms with Crippen LogP contribution in [-0.2, 0) is 10.0 Å². The van der Waals surface area contributed by atoms with Gasteiger partial charge in [-0.25, -0.2) is 8.42 Å². The van der Waals surface area contributed by atoms with E-state index in [-0.39, 0.29) is 17.9 Å². The Labute approximate surface area is 188 Å². The predicted octanol–water partition coefficient (Wildman–Crippen LogP) is 1.59. The molecule has 1 aliphatic heterocycles. The number of nitrogens with zero attached hydrogens (tertiary/aromatic N) is 2. The van der Waals surface area contributed by atoms with Crippen molar-refractivity contribution in [2.24, 2.45) is 0 Å². The van der Waals surface area contributed by atoms with Gasteiger partial charge in [-0.2, -0.15) is 4.31 Å². The van der Waals surface area contributed by atoms with Gasteiger partial charge in [0.15, 0.2) is 11.5 Å². The summed E-state index contributed by atoms with van der Waals surface area (Å²) in [5, 5.41) is 2.66. The van der Waals surface area contributed by atoms with Gasteiger partial charge in [-0.15, -0.1) is 0 Å². The van der Waals surface area contributed by atoms with Gasteiger partial charge in [-0.05, 0) is 36.4 Å². The van der Waals surface area contributed by atoms with Crippen LogP contribution in [-0.4, -0.2) is 78.4 Å². The minimum absolute atomic E-state index is 0.000223. The summed E-state index contributed by atoms with van der Waals surface area (Å²) in [6.07, 6.45) is 0. The minimum Gasteiger partial charge on any atom is -0.497 e. The Bertz CT molecular complexity index is 1020. The average Bonchev–Trinajstić information content (AvgIpc) is 2.83. The van der Waals surface area contributed by atoms with E-state index in [2.05, 4.69) is 10.2 Å². The molecule has 0 spiro atoms. The summed E-state index contributed by atoms with van der Waals surface area (Å²) in [5.41, 5.74) is 1.32. The van der Waals surface area contributed by atoms with Crippen molar-refractivity contribution >= 4 is 21.6 Å². The summed E-state index contributed by atoms with van der Waals surface area (Å²) < 4.78 is 42.6. The van der Waals surface area contributed by atoms with Crippen molar-refractivity contribution in [2.75, 3.05) is 64.7 Å². The van der Waals surface area contributed by atoms with Crippen molar-refractivity contribution < 1.29 is 27.4 Å². The molecule has 174 valence electrons. The molecular formula is C22H29N3O6S. The number of carbonyl (C=O) groups is 1. The highest BCUT2D eigenvalue weighted by atomic mass is 32.2. The molecule has 0 radical (unpaired) electrons. The van der Waals surface area contributed by atoms with Crippen molar-refractivity contribution in [1.29, 1.82) is 0 Å². The van der Waals surface area contributed by atoms with E-state index in [1.54, 1.807) is 25.3 Å². The Morgan fingerprint density at radius 3 is 2.22 bits per heavy atom. The van der Waals surface area contributed by atoms with Crippen molar-refractivity contribution in [2.45, 2.75) is 0 Å². The summed E-state index contributed by atoms with van der Waals surface area (Å²) in [4.78, 5) is 14.7. The third-order valence-corrected chi connectivity index (χ3v) is 7.23. The van der Waals surface area contributed by atoms with Crippen LogP contribution in [0, 0.1) is 0 Å². The highest BCUT2D eigenvalue weighted by molar-refractivity contribution is 7.89. The van der Waals surface area contributed by atoms with Crippen LogP contribution >= 0.6 is 0 Å². The lowest BCUT2D eigenvalue weighted by Gasteiger charge is -2.35. The Hall–Kier alpha value is -2.98. The molecule has 0 aliphatic carbocycles. The van der Waals surface area contributed by atoms with Crippen molar-refractivity contribution in [3.63, 3.8) is 0 Å². The van der Waals surface area contributed by atoms with Crippen LogP contribution < -0.4 is 24.4 Å². The van der Waals surface area contributed by atoms with Gasteiger partial charge >= 0.3 is 0 Å². The maximum Gasteiger partial charge on any atom is 0.255 e. The first-order valence-corrected chi connectivity index (χ1v) is 11.9. The number of para-hydroxylation sites is 1. The van der Waals surface area contributed by atoms with Gasteiger partial charge in [0.1, 0.15) is 5.75 Å². The monoisotopic (exact) mass is 463 g/mol. The fraction of sp³-hybridized carbons (Fsp3) is 0.409. The minimum atomic E-state index is -3.49. The molecule has 1 saturated heterocycles. The maximum absolute atomic E-state index is 12.7. The highest BCUT2D eigenvalue weighted by Gasteiger charge is 2.27. The third kappa shape index (κ3) is 5.43. The predicted molar refractivity (Wildman–Crippen MR) is 122 cm³/mol. The van der Waals surface area contributed by atoms with E-state index >= 15 is 0 Å². The van der Waals surface area contributed by atoms with E-state index in [9.17, 15) is 13.2 Å². The number of amides is 1. The van der Waals surface area contributed by atoms with Crippen molar-refractivity contribution in [3.8, 4) is 17.2 Å². The molecule has 1 N–H and O–H groups in total. The Morgan fingerprint density at radius 2 is 1.62 bits per heavy atom. The van der Waals surface area contributed by atoms with Crippen LogP contribution in [0.3, 0.4) is 0 Å². The second-order valence-electron chi connectivity index (χ2n) is 7.20. The molecule has 10 heteroatoms. The lowest BCUT2D eigenvalue weighted by Crippen LogP contribution is -2.50. The number of benzene rings is 2. The van der Waals surface area contributed by atoms with Crippen LogP contribution in [0.25, 0.3) is 0 Å². The van der Waals surface area contributed by atoms with E-state index in [1.165, 1.54) is 18.5 Å². The third-order valence-electron chi connectivity index (χ3n) is 5.36. The molecule has 0 aromatic heterocycles. The molecule has 0 bridgehead atoms. The number of carbonyl (C=O) groups excluding carboxylic acids is 1. The summed E-state index contributed by atoms with van der Waals surface area (Å²) in [5.74, 6) is 0.935. The SMILES string of the molecule is COc1ccc(N2CCN(S(=O)(=O)CCNC(=O)c3cccc(OC)c3OC)CC2)cc1. The fourth-order valence-corrected chi connectivity index (χ4v) is 4.94. The Morgan fingerprint density at radius 1 is 0.938 bits per heavy atom. The van der Waals surface area contributed by atoms with Crippen LogP contribution in [0.5, 0.6) is 17.2 Å². The molecule has 0 atom stereocenters. The number of hydrogen-bond donors (Lipinski definition) is 1. The molecule has 2 aromatic rings. The van der Waals surface area contributed by atoms with Gasteiger partial charge < -0.3 is 24.4 Å². The first kappa shape index (κ1) is 23.7. The molecular weight excluding hydrogens is 434 g/mol. The largest absolute Gasteiger partial charge is 0.497 e. The molecule has 2 aromatic carbocycles.